The quantitative estimate of drug-likeness (QED) is 0.544. The molecule has 0 aromatic heterocycles. The lowest BCUT2D eigenvalue weighted by Gasteiger charge is -2.50. The van der Waals surface area contributed by atoms with Crippen LogP contribution in [-0.2, 0) is 4.74 Å². The highest BCUT2D eigenvalue weighted by Crippen LogP contribution is 2.34. The Balaban J connectivity index is 1.55. The van der Waals surface area contributed by atoms with Crippen molar-refractivity contribution in [2.75, 3.05) is 13.1 Å². The summed E-state index contributed by atoms with van der Waals surface area (Å²) < 4.78 is 6.62. The lowest BCUT2D eigenvalue weighted by Crippen LogP contribution is -2.60. The Labute approximate surface area is 99.5 Å². The standard InChI is InChI=1S/C11H18INO/c12-8-1-3-9(4-2-8)13-6-10-5-11(7-13)14-10/h8-11H,1-7H2. The zero-order chi connectivity index (χ0) is 9.54. The summed E-state index contributed by atoms with van der Waals surface area (Å²) in [6.45, 7) is 2.43. The van der Waals surface area contributed by atoms with Gasteiger partial charge >= 0.3 is 0 Å². The second-order valence-corrected chi connectivity index (χ2v) is 6.74. The highest BCUT2D eigenvalue weighted by Gasteiger charge is 2.40. The zero-order valence-corrected chi connectivity index (χ0v) is 10.7. The van der Waals surface area contributed by atoms with Crippen LogP contribution in [0, 0.1) is 0 Å². The minimum Gasteiger partial charge on any atom is -0.372 e. The molecule has 1 saturated carbocycles. The lowest BCUT2D eigenvalue weighted by molar-refractivity contribution is -0.189. The van der Waals surface area contributed by atoms with E-state index >= 15 is 0 Å². The van der Waals surface area contributed by atoms with E-state index < -0.39 is 0 Å². The average molecular weight is 307 g/mol. The van der Waals surface area contributed by atoms with E-state index in [9.17, 15) is 0 Å². The molecule has 0 spiro atoms. The highest BCUT2D eigenvalue weighted by molar-refractivity contribution is 14.1. The van der Waals surface area contributed by atoms with Gasteiger partial charge in [-0.05, 0) is 25.7 Å². The van der Waals surface area contributed by atoms with Crippen LogP contribution in [0.1, 0.15) is 32.1 Å². The van der Waals surface area contributed by atoms with Gasteiger partial charge in [0.25, 0.3) is 0 Å². The zero-order valence-electron chi connectivity index (χ0n) is 8.49. The Morgan fingerprint density at radius 1 is 1.00 bits per heavy atom. The van der Waals surface area contributed by atoms with E-state index in [1.165, 1.54) is 45.2 Å². The first-order valence-electron chi connectivity index (χ1n) is 5.85. The predicted octanol–water partition coefficient (Wildman–Crippen LogP) is 2.21. The summed E-state index contributed by atoms with van der Waals surface area (Å²) in [6, 6.07) is 0.884. The number of halogens is 1. The molecule has 80 valence electrons. The van der Waals surface area contributed by atoms with Crippen LogP contribution in [0.5, 0.6) is 0 Å². The lowest BCUT2D eigenvalue weighted by atomic mass is 9.90. The first-order chi connectivity index (χ1) is 6.81. The molecule has 3 heteroatoms. The molecule has 0 radical (unpaired) electrons. The molecule has 2 bridgehead atoms. The van der Waals surface area contributed by atoms with Crippen LogP contribution in [0.2, 0.25) is 0 Å². The molecule has 4 rings (SSSR count). The largest absolute Gasteiger partial charge is 0.372 e. The van der Waals surface area contributed by atoms with Crippen molar-refractivity contribution in [2.45, 2.75) is 54.3 Å². The third kappa shape index (κ3) is 1.83. The topological polar surface area (TPSA) is 12.5 Å². The number of morpholine rings is 1. The Kier molecular flexibility index (Phi) is 2.75. The van der Waals surface area contributed by atoms with E-state index in [4.69, 9.17) is 4.74 Å². The average Bonchev–Trinajstić information content (AvgIpc) is 2.18. The van der Waals surface area contributed by atoms with Gasteiger partial charge in [0.2, 0.25) is 0 Å². The molecule has 3 saturated heterocycles. The van der Waals surface area contributed by atoms with Crippen LogP contribution in [0.15, 0.2) is 0 Å². The summed E-state index contributed by atoms with van der Waals surface area (Å²) in [5, 5.41) is 0. The summed E-state index contributed by atoms with van der Waals surface area (Å²) in [5.41, 5.74) is 0. The van der Waals surface area contributed by atoms with Gasteiger partial charge in [-0.3, -0.25) is 4.90 Å². The van der Waals surface area contributed by atoms with Crippen molar-refractivity contribution in [3.8, 4) is 0 Å². The third-order valence-electron chi connectivity index (χ3n) is 3.93. The molecule has 1 aliphatic carbocycles. The van der Waals surface area contributed by atoms with E-state index in [2.05, 4.69) is 27.5 Å². The molecular weight excluding hydrogens is 289 g/mol. The van der Waals surface area contributed by atoms with Gasteiger partial charge in [-0.2, -0.15) is 0 Å². The molecule has 0 N–H and O–H groups in total. The van der Waals surface area contributed by atoms with Gasteiger partial charge in [-0.25, -0.2) is 0 Å². The minimum atomic E-state index is 0.589. The monoisotopic (exact) mass is 307 g/mol. The number of fused-ring (bicyclic) bond motifs is 2. The van der Waals surface area contributed by atoms with Crippen LogP contribution < -0.4 is 0 Å². The van der Waals surface area contributed by atoms with Gasteiger partial charge in [-0.1, -0.05) is 22.6 Å². The van der Waals surface area contributed by atoms with Crippen LogP contribution in [0.3, 0.4) is 0 Å². The maximum absolute atomic E-state index is 5.67. The maximum atomic E-state index is 5.67. The van der Waals surface area contributed by atoms with E-state index in [-0.39, 0.29) is 0 Å². The van der Waals surface area contributed by atoms with Gasteiger partial charge in [0.1, 0.15) is 0 Å². The van der Waals surface area contributed by atoms with Gasteiger partial charge in [-0.15, -0.1) is 0 Å². The molecule has 2 unspecified atom stereocenters. The van der Waals surface area contributed by atoms with Crippen LogP contribution >= 0.6 is 22.6 Å². The van der Waals surface area contributed by atoms with Gasteiger partial charge < -0.3 is 4.74 Å². The fraction of sp³-hybridized carbons (Fsp3) is 1.00. The Morgan fingerprint density at radius 3 is 2.14 bits per heavy atom. The molecule has 0 aromatic rings. The van der Waals surface area contributed by atoms with Crippen molar-refractivity contribution in [3.05, 3.63) is 0 Å². The summed E-state index contributed by atoms with van der Waals surface area (Å²) >= 11 is 2.61. The number of rotatable bonds is 1. The number of piperidine rings is 1. The number of nitrogens with zero attached hydrogens (tertiary/aromatic N) is 1. The SMILES string of the molecule is IC1CCC(N2CC3CC(C2)O3)CC1. The van der Waals surface area contributed by atoms with E-state index in [0.29, 0.717) is 12.2 Å². The third-order valence-corrected chi connectivity index (χ3v) is 5.18. The summed E-state index contributed by atoms with van der Waals surface area (Å²) in [6.07, 6.45) is 8.21. The van der Waals surface area contributed by atoms with Crippen LogP contribution in [-0.4, -0.2) is 40.2 Å². The first kappa shape index (κ1) is 9.85. The van der Waals surface area contributed by atoms with E-state index in [1.54, 1.807) is 0 Å². The molecule has 2 atom stereocenters. The van der Waals surface area contributed by atoms with Crippen molar-refractivity contribution in [3.63, 3.8) is 0 Å². The van der Waals surface area contributed by atoms with Crippen molar-refractivity contribution in [2.24, 2.45) is 0 Å². The molecular formula is C11H18INO. The molecule has 3 heterocycles. The Hall–Kier alpha value is 0.650. The first-order valence-corrected chi connectivity index (χ1v) is 7.09. The fourth-order valence-electron chi connectivity index (χ4n) is 3.09. The number of ether oxygens (including phenoxy) is 1. The minimum absolute atomic E-state index is 0.589. The summed E-state index contributed by atoms with van der Waals surface area (Å²) in [7, 11) is 0. The van der Waals surface area contributed by atoms with Crippen molar-refractivity contribution >= 4 is 22.6 Å². The summed E-state index contributed by atoms with van der Waals surface area (Å²) in [4.78, 5) is 2.70. The molecule has 14 heavy (non-hydrogen) atoms. The van der Waals surface area contributed by atoms with E-state index in [0.717, 1.165) is 9.97 Å². The maximum Gasteiger partial charge on any atom is 0.0731 e. The molecule has 0 aromatic carbocycles. The molecule has 4 aliphatic rings. The Morgan fingerprint density at radius 2 is 1.57 bits per heavy atom. The van der Waals surface area contributed by atoms with Crippen molar-refractivity contribution in [1.29, 1.82) is 0 Å². The highest BCUT2D eigenvalue weighted by atomic mass is 127. The van der Waals surface area contributed by atoms with Crippen LogP contribution in [0.4, 0.5) is 0 Å². The predicted molar refractivity (Wildman–Crippen MR) is 64.9 cm³/mol. The smallest absolute Gasteiger partial charge is 0.0731 e. The normalized spacial score (nSPS) is 48.6. The molecule has 4 fully saturated rings. The van der Waals surface area contributed by atoms with Gasteiger partial charge in [0.15, 0.2) is 0 Å². The van der Waals surface area contributed by atoms with Gasteiger partial charge in [0.05, 0.1) is 12.2 Å². The molecule has 0 amide bonds. The number of alkyl halides is 1. The van der Waals surface area contributed by atoms with Crippen LogP contribution in [0.25, 0.3) is 0 Å². The second-order valence-electron chi connectivity index (χ2n) is 4.98. The van der Waals surface area contributed by atoms with Crippen molar-refractivity contribution in [1.82, 2.24) is 4.90 Å². The van der Waals surface area contributed by atoms with E-state index in [1.807, 2.05) is 0 Å². The molecule has 2 nitrogen and oxygen atoms in total. The van der Waals surface area contributed by atoms with Crippen molar-refractivity contribution < 1.29 is 4.74 Å². The van der Waals surface area contributed by atoms with Gasteiger partial charge in [0, 0.05) is 29.5 Å². The number of hydrogen-bond donors (Lipinski definition) is 0. The second kappa shape index (κ2) is 3.91. The number of hydrogen-bond acceptors (Lipinski definition) is 2. The molecule has 3 aliphatic heterocycles. The fourth-order valence-corrected chi connectivity index (χ4v) is 3.80. The summed E-state index contributed by atoms with van der Waals surface area (Å²) in [5.74, 6) is 0. The Bertz CT molecular complexity index is 199.